The van der Waals surface area contributed by atoms with Crippen LogP contribution in [0.1, 0.15) is 41.5 Å². The minimum absolute atomic E-state index is 0.606. The third kappa shape index (κ3) is 2.41. The van der Waals surface area contributed by atoms with Gasteiger partial charge in [-0.2, -0.15) is 0 Å². The molecule has 0 spiro atoms. The van der Waals surface area contributed by atoms with E-state index < -0.39 is 8.07 Å². The molecule has 0 saturated heterocycles. The molecule has 2 atom stereocenters. The van der Waals surface area contributed by atoms with Gasteiger partial charge in [-0.15, -0.1) is 0 Å². The number of hydrogen-bond acceptors (Lipinski definition) is 0. The van der Waals surface area contributed by atoms with E-state index in [0.29, 0.717) is 11.1 Å². The van der Waals surface area contributed by atoms with E-state index in [-0.39, 0.29) is 0 Å². The summed E-state index contributed by atoms with van der Waals surface area (Å²) in [6.07, 6.45) is 4.85. The fourth-order valence-electron chi connectivity index (χ4n) is 5.36. The second-order valence-corrected chi connectivity index (χ2v) is 12.3. The highest BCUT2D eigenvalue weighted by Gasteiger charge is 2.50. The SMILES string of the molecule is CC1=CC(C)=C(C)C1[Si](C)(c1ccccc1)C1C(C)=CC(C)=C1C. The molecule has 24 heavy (non-hydrogen) atoms. The lowest BCUT2D eigenvalue weighted by molar-refractivity contribution is 0.989. The van der Waals surface area contributed by atoms with Crippen LogP contribution >= 0.6 is 0 Å². The monoisotopic (exact) mass is 334 g/mol. The van der Waals surface area contributed by atoms with Crippen LogP contribution in [0.2, 0.25) is 17.6 Å². The van der Waals surface area contributed by atoms with E-state index in [9.17, 15) is 0 Å². The Labute approximate surface area is 148 Å². The zero-order valence-electron chi connectivity index (χ0n) is 16.2. The average Bonchev–Trinajstić information content (AvgIpc) is 2.95. The first-order valence-electron chi connectivity index (χ1n) is 9.05. The van der Waals surface area contributed by atoms with E-state index in [4.69, 9.17) is 0 Å². The van der Waals surface area contributed by atoms with Gasteiger partial charge in [0.05, 0.1) is 0 Å². The Hall–Kier alpha value is -1.60. The Morgan fingerprint density at radius 1 is 0.667 bits per heavy atom. The van der Waals surface area contributed by atoms with Gasteiger partial charge in [-0.3, -0.25) is 0 Å². The first kappa shape index (κ1) is 17.2. The van der Waals surface area contributed by atoms with Gasteiger partial charge in [-0.1, -0.05) is 87.7 Å². The van der Waals surface area contributed by atoms with Crippen LogP contribution in [-0.2, 0) is 0 Å². The predicted octanol–water partition coefficient (Wildman–Crippen LogP) is 6.31. The Bertz CT molecular complexity index is 741. The van der Waals surface area contributed by atoms with E-state index in [1.165, 1.54) is 11.1 Å². The third-order valence-corrected chi connectivity index (χ3v) is 12.3. The zero-order valence-corrected chi connectivity index (χ0v) is 17.2. The molecule has 0 aliphatic heterocycles. The van der Waals surface area contributed by atoms with Gasteiger partial charge >= 0.3 is 0 Å². The van der Waals surface area contributed by atoms with Crippen molar-refractivity contribution < 1.29 is 0 Å². The largest absolute Gasteiger partial charge is 0.106 e. The number of hydrogen-bond donors (Lipinski definition) is 0. The first-order valence-corrected chi connectivity index (χ1v) is 11.7. The van der Waals surface area contributed by atoms with Gasteiger partial charge in [0.1, 0.15) is 8.07 Å². The number of allylic oxidation sites excluding steroid dienone is 8. The van der Waals surface area contributed by atoms with Crippen molar-refractivity contribution in [2.24, 2.45) is 0 Å². The second kappa shape index (κ2) is 6.04. The lowest BCUT2D eigenvalue weighted by Gasteiger charge is -2.43. The summed E-state index contributed by atoms with van der Waals surface area (Å²) in [7, 11) is -1.85. The van der Waals surface area contributed by atoms with Crippen LogP contribution in [0.3, 0.4) is 0 Å². The zero-order chi connectivity index (χ0) is 17.6. The quantitative estimate of drug-likeness (QED) is 0.569. The molecule has 0 saturated carbocycles. The minimum Gasteiger partial charge on any atom is -0.0682 e. The van der Waals surface area contributed by atoms with Gasteiger partial charge in [-0.25, -0.2) is 0 Å². The topological polar surface area (TPSA) is 0 Å². The van der Waals surface area contributed by atoms with Gasteiger partial charge in [-0.05, 0) is 41.5 Å². The summed E-state index contributed by atoms with van der Waals surface area (Å²) in [5.41, 5.74) is 10.5. The number of benzene rings is 1. The molecule has 0 nitrogen and oxygen atoms in total. The van der Waals surface area contributed by atoms with Crippen molar-refractivity contribution in [1.82, 2.24) is 0 Å². The lowest BCUT2D eigenvalue weighted by atomic mass is 10.1. The van der Waals surface area contributed by atoms with Crippen LogP contribution in [0.4, 0.5) is 0 Å². The summed E-state index contributed by atoms with van der Waals surface area (Å²) in [4.78, 5) is 0. The van der Waals surface area contributed by atoms with Crippen molar-refractivity contribution in [3.63, 3.8) is 0 Å². The van der Waals surface area contributed by atoms with Gasteiger partial charge in [0.2, 0.25) is 0 Å². The van der Waals surface area contributed by atoms with Gasteiger partial charge in [0.25, 0.3) is 0 Å². The molecule has 0 fully saturated rings. The van der Waals surface area contributed by atoms with Crippen LogP contribution in [0.25, 0.3) is 0 Å². The second-order valence-electron chi connectivity index (χ2n) is 8.02. The van der Waals surface area contributed by atoms with E-state index in [2.05, 4.69) is 90.6 Å². The maximum absolute atomic E-state index is 2.62. The predicted molar refractivity (Wildman–Crippen MR) is 109 cm³/mol. The van der Waals surface area contributed by atoms with Crippen molar-refractivity contribution in [1.29, 1.82) is 0 Å². The highest BCUT2D eigenvalue weighted by atomic mass is 28.3. The van der Waals surface area contributed by atoms with E-state index in [1.807, 2.05) is 0 Å². The average molecular weight is 335 g/mol. The molecular formula is C23H30Si. The Balaban J connectivity index is 2.25. The highest BCUT2D eigenvalue weighted by molar-refractivity contribution is 6.95. The maximum atomic E-state index is 2.62. The van der Waals surface area contributed by atoms with Crippen LogP contribution in [0, 0.1) is 0 Å². The van der Waals surface area contributed by atoms with Crippen molar-refractivity contribution in [3.8, 4) is 0 Å². The smallest absolute Gasteiger partial charge is 0.0682 e. The van der Waals surface area contributed by atoms with E-state index in [1.54, 1.807) is 27.5 Å². The molecule has 0 bridgehead atoms. The van der Waals surface area contributed by atoms with Gasteiger partial charge in [0.15, 0.2) is 0 Å². The molecular weight excluding hydrogens is 304 g/mol. The van der Waals surface area contributed by atoms with Crippen molar-refractivity contribution >= 4 is 13.3 Å². The summed E-state index contributed by atoms with van der Waals surface area (Å²) in [6, 6.07) is 11.4. The van der Waals surface area contributed by atoms with Crippen molar-refractivity contribution in [3.05, 3.63) is 75.9 Å². The van der Waals surface area contributed by atoms with Crippen molar-refractivity contribution in [2.45, 2.75) is 59.2 Å². The van der Waals surface area contributed by atoms with E-state index >= 15 is 0 Å². The van der Waals surface area contributed by atoms with E-state index in [0.717, 1.165) is 0 Å². The summed E-state index contributed by atoms with van der Waals surface area (Å²) in [5, 5.41) is 1.59. The molecule has 1 aromatic carbocycles. The Morgan fingerprint density at radius 2 is 1.08 bits per heavy atom. The number of rotatable bonds is 3. The molecule has 126 valence electrons. The molecule has 0 N–H and O–H groups in total. The molecule has 2 aliphatic rings. The van der Waals surface area contributed by atoms with Crippen LogP contribution in [0.15, 0.2) is 75.9 Å². The molecule has 1 aromatic rings. The fraction of sp³-hybridized carbons (Fsp3) is 0.391. The Kier molecular flexibility index (Phi) is 4.33. The fourth-order valence-corrected chi connectivity index (χ4v) is 11.6. The summed E-state index contributed by atoms with van der Waals surface area (Å²) in [6.45, 7) is 16.6. The van der Waals surface area contributed by atoms with Crippen LogP contribution in [0.5, 0.6) is 0 Å². The van der Waals surface area contributed by atoms with Crippen molar-refractivity contribution in [2.75, 3.05) is 0 Å². The first-order chi connectivity index (χ1) is 11.3. The summed E-state index contributed by atoms with van der Waals surface area (Å²) in [5.74, 6) is 0. The third-order valence-electron chi connectivity index (χ3n) is 6.50. The summed E-state index contributed by atoms with van der Waals surface area (Å²) >= 11 is 0. The summed E-state index contributed by atoms with van der Waals surface area (Å²) < 4.78 is 0. The Morgan fingerprint density at radius 3 is 1.42 bits per heavy atom. The molecule has 0 amide bonds. The van der Waals surface area contributed by atoms with Gasteiger partial charge in [0, 0.05) is 11.1 Å². The minimum atomic E-state index is -1.85. The molecule has 0 aromatic heterocycles. The van der Waals surface area contributed by atoms with Gasteiger partial charge < -0.3 is 0 Å². The highest BCUT2D eigenvalue weighted by Crippen LogP contribution is 2.53. The molecule has 2 unspecified atom stereocenters. The molecule has 0 heterocycles. The maximum Gasteiger partial charge on any atom is 0.106 e. The molecule has 0 radical (unpaired) electrons. The van der Waals surface area contributed by atoms with Crippen LogP contribution < -0.4 is 5.19 Å². The molecule has 3 rings (SSSR count). The van der Waals surface area contributed by atoms with Crippen LogP contribution in [-0.4, -0.2) is 8.07 Å². The lowest BCUT2D eigenvalue weighted by Crippen LogP contribution is -2.53. The molecule has 2 aliphatic carbocycles. The standard InChI is InChI=1S/C23H30Si/c1-15-13-17(3)22(19(15)5)24(7,21-11-9-8-10-12-21)23-18(4)14-16(2)20(23)6/h8-14,22-23H,1-7H3. The molecule has 1 heteroatoms. The normalized spacial score (nSPS) is 26.6.